The van der Waals surface area contributed by atoms with Crippen LogP contribution in [0, 0.1) is 0 Å². The first-order chi connectivity index (χ1) is 11.6. The summed E-state index contributed by atoms with van der Waals surface area (Å²) >= 11 is 0. The molecule has 0 aliphatic carbocycles. The lowest BCUT2D eigenvalue weighted by Gasteiger charge is -2.06. The van der Waals surface area contributed by atoms with Crippen molar-refractivity contribution in [2.75, 3.05) is 7.11 Å². The summed E-state index contributed by atoms with van der Waals surface area (Å²) < 4.78 is 6.70. The van der Waals surface area contributed by atoms with Crippen molar-refractivity contribution in [3.05, 3.63) is 59.8 Å². The Bertz CT molecular complexity index is 869. The van der Waals surface area contributed by atoms with Gasteiger partial charge in [-0.05, 0) is 24.1 Å². The van der Waals surface area contributed by atoms with Gasteiger partial charge in [0.15, 0.2) is 0 Å². The third-order valence-electron chi connectivity index (χ3n) is 3.79. The van der Waals surface area contributed by atoms with Crippen LogP contribution in [0.5, 0.6) is 5.75 Å². The van der Waals surface area contributed by atoms with Crippen molar-refractivity contribution in [2.45, 2.75) is 13.3 Å². The number of carbonyl (C=O) groups is 1. The molecule has 1 aromatic heterocycles. The molecule has 122 valence electrons. The third-order valence-corrected chi connectivity index (χ3v) is 3.79. The van der Waals surface area contributed by atoms with Gasteiger partial charge < -0.3 is 9.84 Å². The number of aryl methyl sites for hydroxylation is 1. The molecule has 0 radical (unpaired) electrons. The van der Waals surface area contributed by atoms with Crippen molar-refractivity contribution in [3.63, 3.8) is 0 Å². The summed E-state index contributed by atoms with van der Waals surface area (Å²) in [6, 6.07) is 12.8. The van der Waals surface area contributed by atoms with Crippen LogP contribution in [-0.2, 0) is 6.42 Å². The van der Waals surface area contributed by atoms with Crippen molar-refractivity contribution in [3.8, 4) is 22.7 Å². The van der Waals surface area contributed by atoms with Crippen molar-refractivity contribution < 1.29 is 14.6 Å². The molecule has 0 spiro atoms. The quantitative estimate of drug-likeness (QED) is 0.780. The molecule has 6 heteroatoms. The molecule has 3 aromatic rings. The van der Waals surface area contributed by atoms with Crippen LogP contribution in [0.25, 0.3) is 16.9 Å². The van der Waals surface area contributed by atoms with E-state index in [4.69, 9.17) is 4.74 Å². The smallest absolute Gasteiger partial charge is 0.335 e. The van der Waals surface area contributed by atoms with E-state index in [2.05, 4.69) is 29.4 Å². The Morgan fingerprint density at radius 2 is 1.96 bits per heavy atom. The van der Waals surface area contributed by atoms with Crippen LogP contribution in [-0.4, -0.2) is 33.2 Å². The number of carboxylic acid groups (broad SMARTS) is 1. The molecule has 0 bridgehead atoms. The third kappa shape index (κ3) is 3.12. The highest BCUT2D eigenvalue weighted by Crippen LogP contribution is 2.22. The van der Waals surface area contributed by atoms with Crippen molar-refractivity contribution in [1.82, 2.24) is 15.0 Å². The Balaban J connectivity index is 1.97. The summed E-state index contributed by atoms with van der Waals surface area (Å²) in [5.41, 5.74) is 3.64. The number of methoxy groups -OCH3 is 1. The largest absolute Gasteiger partial charge is 0.497 e. The van der Waals surface area contributed by atoms with Crippen LogP contribution >= 0.6 is 0 Å². The van der Waals surface area contributed by atoms with Crippen LogP contribution in [0.15, 0.2) is 48.7 Å². The molecule has 0 fully saturated rings. The summed E-state index contributed by atoms with van der Waals surface area (Å²) in [6.07, 6.45) is 2.75. The lowest BCUT2D eigenvalue weighted by atomic mass is 10.1. The molecule has 0 saturated heterocycles. The molecule has 2 aromatic carbocycles. The predicted molar refractivity (Wildman–Crippen MR) is 89.7 cm³/mol. The van der Waals surface area contributed by atoms with Gasteiger partial charge in [-0.2, -0.15) is 0 Å². The number of hydrogen-bond acceptors (Lipinski definition) is 4. The van der Waals surface area contributed by atoms with Gasteiger partial charge in [0, 0.05) is 11.6 Å². The second-order valence-electron chi connectivity index (χ2n) is 5.32. The first-order valence-corrected chi connectivity index (χ1v) is 7.55. The summed E-state index contributed by atoms with van der Waals surface area (Å²) in [5.74, 6) is -0.570. The van der Waals surface area contributed by atoms with E-state index in [1.807, 2.05) is 12.1 Å². The Kier molecular flexibility index (Phi) is 4.29. The number of carboxylic acids is 1. The number of hydrogen-bond donors (Lipinski definition) is 1. The molecule has 3 rings (SSSR count). The number of nitrogens with zero attached hydrogens (tertiary/aromatic N) is 3. The maximum atomic E-state index is 11.2. The van der Waals surface area contributed by atoms with Gasteiger partial charge in [0.05, 0.1) is 24.6 Å². The van der Waals surface area contributed by atoms with E-state index >= 15 is 0 Å². The Labute approximate surface area is 139 Å². The number of aromatic carboxylic acids is 1. The van der Waals surface area contributed by atoms with Gasteiger partial charge in [0.25, 0.3) is 0 Å². The van der Waals surface area contributed by atoms with Gasteiger partial charge >= 0.3 is 5.97 Å². The van der Waals surface area contributed by atoms with Gasteiger partial charge in [-0.3, -0.25) is 0 Å². The second-order valence-corrected chi connectivity index (χ2v) is 5.32. The molecule has 0 saturated carbocycles. The van der Waals surface area contributed by atoms with Crippen molar-refractivity contribution >= 4 is 5.97 Å². The number of rotatable bonds is 5. The van der Waals surface area contributed by atoms with E-state index in [1.165, 1.54) is 29.5 Å². The van der Waals surface area contributed by atoms with E-state index in [1.54, 1.807) is 12.3 Å². The van der Waals surface area contributed by atoms with Crippen LogP contribution in [0.1, 0.15) is 22.8 Å². The molecule has 0 aliphatic rings. The molecule has 6 nitrogen and oxygen atoms in total. The van der Waals surface area contributed by atoms with Gasteiger partial charge in [0.2, 0.25) is 0 Å². The number of aromatic nitrogens is 3. The van der Waals surface area contributed by atoms with Crippen LogP contribution in [0.2, 0.25) is 0 Å². The topological polar surface area (TPSA) is 77.2 Å². The van der Waals surface area contributed by atoms with Gasteiger partial charge in [0.1, 0.15) is 11.4 Å². The van der Waals surface area contributed by atoms with E-state index in [0.717, 1.165) is 17.7 Å². The molecule has 0 atom stereocenters. The molecule has 1 heterocycles. The van der Waals surface area contributed by atoms with Gasteiger partial charge in [-0.25, -0.2) is 9.48 Å². The summed E-state index contributed by atoms with van der Waals surface area (Å²) in [4.78, 5) is 11.2. The minimum Gasteiger partial charge on any atom is -0.497 e. The Morgan fingerprint density at radius 1 is 1.21 bits per heavy atom. The van der Waals surface area contributed by atoms with E-state index in [-0.39, 0.29) is 5.56 Å². The highest BCUT2D eigenvalue weighted by molar-refractivity contribution is 5.89. The average Bonchev–Trinajstić information content (AvgIpc) is 3.11. The van der Waals surface area contributed by atoms with Crippen LogP contribution in [0.3, 0.4) is 0 Å². The second kappa shape index (κ2) is 6.54. The minimum absolute atomic E-state index is 0.133. The summed E-state index contributed by atoms with van der Waals surface area (Å²) in [5, 5.41) is 17.5. The zero-order valence-electron chi connectivity index (χ0n) is 13.4. The molecular formula is C18H17N3O3. The first-order valence-electron chi connectivity index (χ1n) is 7.55. The molecule has 24 heavy (non-hydrogen) atoms. The number of benzene rings is 2. The van der Waals surface area contributed by atoms with E-state index in [0.29, 0.717) is 11.4 Å². The van der Waals surface area contributed by atoms with Gasteiger partial charge in [-0.1, -0.05) is 36.4 Å². The standard InChI is InChI=1S/C18H17N3O3/c1-3-12-4-6-13(7-5-12)17-11-21(20-19-17)15-8-14(18(22)23)9-16(10-15)24-2/h4-11H,3H2,1-2H3,(H,22,23). The predicted octanol–water partition coefficient (Wildman–Crippen LogP) is 3.20. The highest BCUT2D eigenvalue weighted by atomic mass is 16.5. The summed E-state index contributed by atoms with van der Waals surface area (Å²) in [6.45, 7) is 2.11. The molecule has 0 amide bonds. The van der Waals surface area contributed by atoms with Crippen molar-refractivity contribution in [2.24, 2.45) is 0 Å². The zero-order chi connectivity index (χ0) is 17.1. The van der Waals surface area contributed by atoms with Crippen LogP contribution in [0.4, 0.5) is 0 Å². The maximum Gasteiger partial charge on any atom is 0.335 e. The molecule has 0 unspecified atom stereocenters. The molecule has 0 aliphatic heterocycles. The maximum absolute atomic E-state index is 11.2. The van der Waals surface area contributed by atoms with Gasteiger partial charge in [-0.15, -0.1) is 5.10 Å². The Morgan fingerprint density at radius 3 is 2.58 bits per heavy atom. The lowest BCUT2D eigenvalue weighted by molar-refractivity contribution is 0.0696. The first kappa shape index (κ1) is 15.7. The zero-order valence-corrected chi connectivity index (χ0v) is 13.4. The van der Waals surface area contributed by atoms with Crippen molar-refractivity contribution in [1.29, 1.82) is 0 Å². The fourth-order valence-corrected chi connectivity index (χ4v) is 2.39. The molecule has 1 N–H and O–H groups in total. The number of ether oxygens (including phenoxy) is 1. The normalized spacial score (nSPS) is 10.6. The minimum atomic E-state index is -1.02. The van der Waals surface area contributed by atoms with Crippen LogP contribution < -0.4 is 4.74 Å². The fraction of sp³-hybridized carbons (Fsp3) is 0.167. The van der Waals surface area contributed by atoms with E-state index in [9.17, 15) is 9.90 Å². The SMILES string of the molecule is CCc1ccc(-c2cn(-c3cc(OC)cc(C(=O)O)c3)nn2)cc1. The Hall–Kier alpha value is -3.15. The average molecular weight is 323 g/mol. The lowest BCUT2D eigenvalue weighted by Crippen LogP contribution is -2.02. The molecular weight excluding hydrogens is 306 g/mol. The fourth-order valence-electron chi connectivity index (χ4n) is 2.39. The monoisotopic (exact) mass is 323 g/mol. The summed E-state index contributed by atoms with van der Waals surface area (Å²) in [7, 11) is 1.49. The van der Waals surface area contributed by atoms with E-state index < -0.39 is 5.97 Å². The highest BCUT2D eigenvalue weighted by Gasteiger charge is 2.11.